The molecule has 29 heavy (non-hydrogen) atoms. The summed E-state index contributed by atoms with van der Waals surface area (Å²) in [6, 6.07) is 14.4. The van der Waals surface area contributed by atoms with Crippen molar-refractivity contribution in [3.8, 4) is 0 Å². The number of benzene rings is 2. The van der Waals surface area contributed by atoms with Crippen LogP contribution in [-0.2, 0) is 19.6 Å². The van der Waals surface area contributed by atoms with E-state index in [9.17, 15) is 18.0 Å². The Morgan fingerprint density at radius 2 is 1.69 bits per heavy atom. The minimum atomic E-state index is -4.04. The van der Waals surface area contributed by atoms with E-state index in [-0.39, 0.29) is 34.0 Å². The summed E-state index contributed by atoms with van der Waals surface area (Å²) in [7, 11) is -4.04. The Kier molecular flexibility index (Phi) is 5.70. The molecule has 2 aromatic rings. The number of sulfonamides is 1. The number of rotatable bonds is 6. The fourth-order valence-electron chi connectivity index (χ4n) is 2.93. The Morgan fingerprint density at radius 1 is 1.07 bits per heavy atom. The van der Waals surface area contributed by atoms with E-state index in [1.165, 1.54) is 18.2 Å². The maximum Gasteiger partial charge on any atom is 0.313 e. The number of ketones is 1. The van der Waals surface area contributed by atoms with Crippen LogP contribution in [-0.4, -0.2) is 31.0 Å². The first-order valence-electron chi connectivity index (χ1n) is 9.07. The lowest BCUT2D eigenvalue weighted by Gasteiger charge is -2.32. The van der Waals surface area contributed by atoms with Gasteiger partial charge in [-0.3, -0.25) is 13.9 Å². The molecule has 1 heterocycles. The number of carbonyl (C=O) groups is 2. The highest BCUT2D eigenvalue weighted by molar-refractivity contribution is 7.89. The van der Waals surface area contributed by atoms with Gasteiger partial charge < -0.3 is 4.74 Å². The SMILES string of the molecule is C=CCN1C(C(=O)c2ccccc2)=C(OC(=O)C(C)C)c2ccccc2S1(=O)=O. The van der Waals surface area contributed by atoms with Crippen molar-refractivity contribution in [1.82, 2.24) is 4.31 Å². The first-order valence-corrected chi connectivity index (χ1v) is 10.5. The van der Waals surface area contributed by atoms with Crippen molar-refractivity contribution in [3.63, 3.8) is 0 Å². The number of hydrogen-bond acceptors (Lipinski definition) is 5. The van der Waals surface area contributed by atoms with Crippen molar-refractivity contribution < 1.29 is 22.7 Å². The second kappa shape index (κ2) is 8.05. The molecule has 1 aliphatic heterocycles. The Labute approximate surface area is 170 Å². The maximum atomic E-state index is 13.4. The molecule has 0 saturated carbocycles. The predicted octanol–water partition coefficient (Wildman–Crippen LogP) is 3.63. The van der Waals surface area contributed by atoms with Gasteiger partial charge in [0.15, 0.2) is 5.76 Å². The smallest absolute Gasteiger partial charge is 0.313 e. The van der Waals surface area contributed by atoms with Gasteiger partial charge in [-0.1, -0.05) is 62.4 Å². The molecule has 0 N–H and O–H groups in total. The summed E-state index contributed by atoms with van der Waals surface area (Å²) in [6.07, 6.45) is 1.38. The van der Waals surface area contributed by atoms with Gasteiger partial charge in [0, 0.05) is 11.1 Å². The van der Waals surface area contributed by atoms with Crippen LogP contribution < -0.4 is 0 Å². The molecular formula is C22H21NO5S. The molecule has 0 fully saturated rings. The molecule has 0 amide bonds. The van der Waals surface area contributed by atoms with Crippen LogP contribution in [0.5, 0.6) is 0 Å². The topological polar surface area (TPSA) is 80.8 Å². The zero-order valence-electron chi connectivity index (χ0n) is 16.2. The molecule has 150 valence electrons. The molecule has 0 radical (unpaired) electrons. The third-order valence-electron chi connectivity index (χ3n) is 4.38. The average molecular weight is 411 g/mol. The van der Waals surface area contributed by atoms with E-state index in [1.807, 2.05) is 0 Å². The highest BCUT2D eigenvalue weighted by Gasteiger charge is 2.41. The van der Waals surface area contributed by atoms with E-state index in [0.717, 1.165) is 4.31 Å². The van der Waals surface area contributed by atoms with E-state index in [0.29, 0.717) is 0 Å². The third kappa shape index (κ3) is 3.73. The second-order valence-electron chi connectivity index (χ2n) is 6.77. The van der Waals surface area contributed by atoms with Crippen molar-refractivity contribution in [1.29, 1.82) is 0 Å². The second-order valence-corrected chi connectivity index (χ2v) is 8.60. The Balaban J connectivity index is 2.34. The predicted molar refractivity (Wildman–Crippen MR) is 109 cm³/mol. The van der Waals surface area contributed by atoms with Crippen molar-refractivity contribution in [2.75, 3.05) is 6.54 Å². The van der Waals surface area contributed by atoms with Gasteiger partial charge in [-0.2, -0.15) is 0 Å². The molecule has 0 bridgehead atoms. The first kappa shape index (κ1) is 20.5. The van der Waals surface area contributed by atoms with Gasteiger partial charge in [0.05, 0.1) is 17.4 Å². The Bertz CT molecular complexity index is 1100. The summed E-state index contributed by atoms with van der Waals surface area (Å²) in [5.41, 5.74) is 0.258. The lowest BCUT2D eigenvalue weighted by atomic mass is 10.0. The number of esters is 1. The molecule has 3 rings (SSSR count). The molecule has 0 saturated heterocycles. The van der Waals surface area contributed by atoms with Crippen LogP contribution in [0.1, 0.15) is 29.8 Å². The minimum absolute atomic E-state index is 0.0296. The fraction of sp³-hybridized carbons (Fsp3) is 0.182. The Hall–Kier alpha value is -3.19. The highest BCUT2D eigenvalue weighted by atomic mass is 32.2. The molecule has 2 aromatic carbocycles. The highest BCUT2D eigenvalue weighted by Crippen LogP contribution is 2.39. The number of Topliss-reactive ketones (excluding diaryl/α,β-unsaturated/α-hetero) is 1. The molecule has 0 atom stereocenters. The molecule has 6 nitrogen and oxygen atoms in total. The van der Waals surface area contributed by atoms with Crippen molar-refractivity contribution in [2.24, 2.45) is 5.92 Å². The summed E-state index contributed by atoms with van der Waals surface area (Å²) in [6.45, 7) is 6.79. The van der Waals surface area contributed by atoms with Gasteiger partial charge in [-0.15, -0.1) is 6.58 Å². The van der Waals surface area contributed by atoms with Crippen LogP contribution in [0.15, 0.2) is 77.8 Å². The Morgan fingerprint density at radius 3 is 2.31 bits per heavy atom. The molecule has 0 aliphatic carbocycles. The lowest BCUT2D eigenvalue weighted by molar-refractivity contribution is -0.140. The van der Waals surface area contributed by atoms with Crippen LogP contribution in [0.3, 0.4) is 0 Å². The van der Waals surface area contributed by atoms with Crippen LogP contribution in [0, 0.1) is 5.92 Å². The van der Waals surface area contributed by atoms with Crippen LogP contribution in [0.4, 0.5) is 0 Å². The van der Waals surface area contributed by atoms with E-state index in [4.69, 9.17) is 4.74 Å². The van der Waals surface area contributed by atoms with Gasteiger partial charge in [0.25, 0.3) is 10.0 Å². The van der Waals surface area contributed by atoms with E-state index >= 15 is 0 Å². The summed E-state index contributed by atoms with van der Waals surface area (Å²) in [5.74, 6) is -1.65. The largest absolute Gasteiger partial charge is 0.423 e. The van der Waals surface area contributed by atoms with Crippen LogP contribution in [0.25, 0.3) is 5.76 Å². The molecule has 0 aromatic heterocycles. The van der Waals surface area contributed by atoms with Crippen molar-refractivity contribution >= 4 is 27.5 Å². The average Bonchev–Trinajstić information content (AvgIpc) is 2.72. The number of carbonyl (C=O) groups excluding carboxylic acids is 2. The van der Waals surface area contributed by atoms with Gasteiger partial charge in [0.1, 0.15) is 5.70 Å². The quantitative estimate of drug-likeness (QED) is 0.412. The van der Waals surface area contributed by atoms with Gasteiger partial charge >= 0.3 is 5.97 Å². The number of hydrogen-bond donors (Lipinski definition) is 0. The minimum Gasteiger partial charge on any atom is -0.423 e. The van der Waals surface area contributed by atoms with Crippen LogP contribution in [0.2, 0.25) is 0 Å². The number of ether oxygens (including phenoxy) is 1. The lowest BCUT2D eigenvalue weighted by Crippen LogP contribution is -2.39. The summed E-state index contributed by atoms with van der Waals surface area (Å²) < 4.78 is 33.0. The third-order valence-corrected chi connectivity index (χ3v) is 6.21. The number of fused-ring (bicyclic) bond motifs is 1. The van der Waals surface area contributed by atoms with Crippen molar-refractivity contribution in [2.45, 2.75) is 18.7 Å². The normalized spacial score (nSPS) is 15.1. The zero-order chi connectivity index (χ0) is 21.2. The number of allylic oxidation sites excluding steroid dienone is 1. The molecule has 1 aliphatic rings. The van der Waals surface area contributed by atoms with Gasteiger partial charge in [0.2, 0.25) is 5.78 Å². The van der Waals surface area contributed by atoms with Crippen molar-refractivity contribution in [3.05, 3.63) is 84.1 Å². The van der Waals surface area contributed by atoms with E-state index in [1.54, 1.807) is 56.3 Å². The monoisotopic (exact) mass is 411 g/mol. The number of nitrogens with zero attached hydrogens (tertiary/aromatic N) is 1. The van der Waals surface area contributed by atoms with E-state index < -0.39 is 27.7 Å². The summed E-state index contributed by atoms with van der Waals surface area (Å²) in [4.78, 5) is 25.7. The first-order chi connectivity index (χ1) is 13.8. The summed E-state index contributed by atoms with van der Waals surface area (Å²) in [5, 5.41) is 0. The van der Waals surface area contributed by atoms with E-state index in [2.05, 4.69) is 6.58 Å². The zero-order valence-corrected chi connectivity index (χ0v) is 17.0. The standard InChI is InChI=1S/C22H21NO5S/c1-4-14-23-19(20(24)16-10-6-5-7-11-16)21(28-22(25)15(2)3)17-12-8-9-13-18(17)29(23,26)27/h4-13,15H,1,14H2,2-3H3. The van der Waals surface area contributed by atoms with Gasteiger partial charge in [-0.25, -0.2) is 8.42 Å². The summed E-state index contributed by atoms with van der Waals surface area (Å²) >= 11 is 0. The molecule has 0 unspecified atom stereocenters. The maximum absolute atomic E-state index is 13.4. The van der Waals surface area contributed by atoms with Crippen LogP contribution >= 0.6 is 0 Å². The van der Waals surface area contributed by atoms with Gasteiger partial charge in [-0.05, 0) is 12.1 Å². The molecule has 0 spiro atoms. The fourth-order valence-corrected chi connectivity index (χ4v) is 4.56. The molecule has 7 heteroatoms. The molecular weight excluding hydrogens is 390 g/mol.